The van der Waals surface area contributed by atoms with Crippen molar-refractivity contribution < 1.29 is 19.1 Å². The molecule has 5 atom stereocenters. The molecule has 2 amide bonds. The van der Waals surface area contributed by atoms with Crippen molar-refractivity contribution in [3.8, 4) is 0 Å². The van der Waals surface area contributed by atoms with E-state index in [1.807, 2.05) is 113 Å². The number of nitrogens with zero attached hydrogens (tertiary/aromatic N) is 18. The summed E-state index contributed by atoms with van der Waals surface area (Å²) in [4.78, 5) is 63.6. The fourth-order valence-electron chi connectivity index (χ4n) is 11.6. The molecule has 3 aliphatic rings. The van der Waals surface area contributed by atoms with Crippen LogP contribution in [0.5, 0.6) is 0 Å². The number of aromatic nitrogens is 18. The van der Waals surface area contributed by atoms with E-state index in [4.69, 9.17) is 25.2 Å². The van der Waals surface area contributed by atoms with Gasteiger partial charge < -0.3 is 31.2 Å². The van der Waals surface area contributed by atoms with Gasteiger partial charge in [-0.3, -0.25) is 15.0 Å². The Morgan fingerprint density at radius 2 is 0.968 bits per heavy atom. The molecule has 3 fully saturated rings. The number of carbonyl (C=O) groups excluding carboxylic acids is 2. The highest BCUT2D eigenvalue weighted by Gasteiger charge is 2.31. The number of benzene rings is 3. The van der Waals surface area contributed by atoms with Gasteiger partial charge in [-0.15, -0.1) is 15.3 Å². The average Bonchev–Trinajstić information content (AvgIpc) is 1.73. The smallest absolute Gasteiger partial charge is 0.407 e. The maximum absolute atomic E-state index is 12.1. The molecular weight excluding hydrogens is 1260 g/mol. The molecule has 2 unspecified atom stereocenters. The first-order valence-electron chi connectivity index (χ1n) is 31.2. The highest BCUT2D eigenvalue weighted by Crippen LogP contribution is 2.35. The molecule has 10 heterocycles. The molecule has 3 aromatic carbocycles. The van der Waals surface area contributed by atoms with Crippen LogP contribution in [0.4, 0.5) is 9.59 Å². The number of rotatable bonds is 10. The largest absolute Gasteiger partial charge is 0.444 e. The Bertz CT molecular complexity index is 4610. The summed E-state index contributed by atoms with van der Waals surface area (Å²) in [7, 11) is 0. The van der Waals surface area contributed by atoms with Gasteiger partial charge in [0.15, 0.2) is 16.9 Å². The van der Waals surface area contributed by atoms with Crippen LogP contribution in [0.15, 0.2) is 133 Å². The summed E-state index contributed by atoms with van der Waals surface area (Å²) in [6.45, 7) is 14.7. The first-order valence-corrected chi connectivity index (χ1v) is 32.0. The van der Waals surface area contributed by atoms with Crippen LogP contribution in [0.3, 0.4) is 0 Å². The van der Waals surface area contributed by atoms with E-state index in [1.54, 1.807) is 40.3 Å². The number of hydrogen-bond acceptors (Lipinski definition) is 21. The monoisotopic (exact) mass is 1330 g/mol. The Balaban J connectivity index is 0.000000133. The molecule has 2 saturated carbocycles. The van der Waals surface area contributed by atoms with E-state index in [0.717, 1.165) is 124 Å². The lowest BCUT2D eigenvalue weighted by molar-refractivity contribution is 0.0495. The Morgan fingerprint density at radius 1 is 0.543 bits per heavy atom. The number of hydrogen-bond donors (Lipinski definition) is 4. The Morgan fingerprint density at radius 3 is 1.39 bits per heavy atom. The number of halogens is 1. The van der Waals surface area contributed by atoms with E-state index in [1.165, 1.54) is 0 Å². The summed E-state index contributed by atoms with van der Waals surface area (Å²) >= 11 is 3.32. The second kappa shape index (κ2) is 29.1. The van der Waals surface area contributed by atoms with Crippen LogP contribution in [-0.2, 0) is 29.1 Å². The molecule has 15 rings (SSSR count). The van der Waals surface area contributed by atoms with Gasteiger partial charge in [-0.1, -0.05) is 52.0 Å². The van der Waals surface area contributed by atoms with E-state index in [0.29, 0.717) is 58.4 Å². The van der Waals surface area contributed by atoms with E-state index in [-0.39, 0.29) is 44.6 Å². The fourth-order valence-corrected chi connectivity index (χ4v) is 11.8. The minimum Gasteiger partial charge on any atom is -0.444 e. The van der Waals surface area contributed by atoms with Crippen molar-refractivity contribution in [2.75, 3.05) is 13.1 Å². The number of alkyl carbamates (subject to hydrolysis) is 2. The summed E-state index contributed by atoms with van der Waals surface area (Å²) in [6.07, 6.45) is 16.6. The van der Waals surface area contributed by atoms with Gasteiger partial charge >= 0.3 is 12.2 Å². The molecule has 0 bridgehead atoms. The van der Waals surface area contributed by atoms with E-state index >= 15 is 0 Å². The fraction of sp³-hybridized carbons (Fsp3) is 0.379. The highest BCUT2D eigenvalue weighted by molar-refractivity contribution is 9.10. The lowest BCUT2D eigenvalue weighted by Crippen LogP contribution is -2.40. The van der Waals surface area contributed by atoms with Gasteiger partial charge in [-0.25, -0.2) is 53.5 Å². The second-order valence-corrected chi connectivity index (χ2v) is 26.3. The van der Waals surface area contributed by atoms with Gasteiger partial charge in [-0.05, 0) is 180 Å². The van der Waals surface area contributed by atoms with Gasteiger partial charge in [0, 0.05) is 79.7 Å². The molecule has 2 aliphatic carbocycles. The van der Waals surface area contributed by atoms with Gasteiger partial charge in [0.05, 0.1) is 66.2 Å². The van der Waals surface area contributed by atoms with E-state index in [9.17, 15) is 9.59 Å². The molecule has 28 heteroatoms. The maximum Gasteiger partial charge on any atom is 0.407 e. The number of amides is 2. The molecule has 1 aliphatic heterocycles. The van der Waals surface area contributed by atoms with Crippen molar-refractivity contribution >= 4 is 103 Å². The van der Waals surface area contributed by atoms with Gasteiger partial charge in [0.2, 0.25) is 16.9 Å². The third kappa shape index (κ3) is 16.9. The summed E-state index contributed by atoms with van der Waals surface area (Å²) < 4.78 is 16.5. The maximum atomic E-state index is 12.1. The highest BCUT2D eigenvalue weighted by atomic mass is 79.9. The van der Waals surface area contributed by atoms with Gasteiger partial charge in [0.1, 0.15) is 15.8 Å². The normalized spacial score (nSPS) is 17.8. The molecule has 3 radical (unpaired) electrons. The standard InChI is InChI=1S/C24H27N7O2.C19H19N7.C14H9BrN6.C9H18N2O2.B/c1-24(2,3)33-23(32)27-18-8-7-17(12-18)20-13-26-21-22(28-20)31(30-29-21)14-15-6-9-19-16(11-15)5-4-10-25-19;20-15-5-4-14(9-15)17-10-22-18-19(23-17)26(25-24-18)11-12-3-6-16-13(8-12)2-1-7-21-16;15-12-7-17-13-14(18-12)21(20-19-13)8-9-3-4-11-10(6-9)2-1-5-16-11;1-9(2,3)13-8(12)11-7-4-5-10-6-7;/h4-6,9-11,13,17-18H,7-8,12,14H2,1-3H3,(H,27,32);1-3,6-8,10,14-15H,4-5,9,11,20H2;1-7H,8H2;7,10H,4-6H2,1-3H3,(H,11,12);/t17?,18-;14?,15-;;7-;/m11.1./s1. The van der Waals surface area contributed by atoms with Crippen molar-refractivity contribution in [3.05, 3.63) is 161 Å². The summed E-state index contributed by atoms with van der Waals surface area (Å²) in [5.74, 6) is 0.605. The average molecular weight is 1330 g/mol. The van der Waals surface area contributed by atoms with Crippen molar-refractivity contribution in [2.24, 2.45) is 5.73 Å². The van der Waals surface area contributed by atoms with Crippen LogP contribution < -0.4 is 21.7 Å². The molecule has 26 nitrogen and oxygen atoms in total. The predicted molar refractivity (Wildman–Crippen MR) is 360 cm³/mol. The van der Waals surface area contributed by atoms with Crippen LogP contribution >= 0.6 is 15.9 Å². The molecular formula is C66H73BBrN22O4. The quantitative estimate of drug-likeness (QED) is 0.0926. The van der Waals surface area contributed by atoms with Crippen molar-refractivity contribution in [2.45, 2.75) is 147 Å². The number of carbonyl (C=O) groups is 2. The zero-order valence-electron chi connectivity index (χ0n) is 53.2. The molecule has 0 spiro atoms. The molecule has 481 valence electrons. The zero-order chi connectivity index (χ0) is 64.6. The number of pyridine rings is 3. The molecule has 9 aromatic heterocycles. The third-order valence-corrected chi connectivity index (χ3v) is 16.3. The Labute approximate surface area is 552 Å². The minimum absolute atomic E-state index is 0. The third-order valence-electron chi connectivity index (χ3n) is 15.9. The minimum atomic E-state index is -0.508. The zero-order valence-corrected chi connectivity index (χ0v) is 54.8. The lowest BCUT2D eigenvalue weighted by atomic mass is 10.0. The van der Waals surface area contributed by atoms with Crippen LogP contribution in [0.1, 0.15) is 126 Å². The van der Waals surface area contributed by atoms with Crippen molar-refractivity contribution in [1.29, 1.82) is 0 Å². The molecule has 1 saturated heterocycles. The van der Waals surface area contributed by atoms with Gasteiger partial charge in [-0.2, -0.15) is 0 Å². The van der Waals surface area contributed by atoms with E-state index in [2.05, 4.69) is 128 Å². The summed E-state index contributed by atoms with van der Waals surface area (Å²) in [5.41, 5.74) is 17.0. The topological polar surface area (TPSA) is 323 Å². The van der Waals surface area contributed by atoms with Gasteiger partial charge in [0.25, 0.3) is 0 Å². The number of nitrogens with two attached hydrogens (primary N) is 1. The van der Waals surface area contributed by atoms with E-state index < -0.39 is 11.2 Å². The van der Waals surface area contributed by atoms with Crippen molar-refractivity contribution in [1.82, 2.24) is 106 Å². The van der Waals surface area contributed by atoms with Crippen LogP contribution in [0.25, 0.3) is 66.6 Å². The summed E-state index contributed by atoms with van der Waals surface area (Å²) in [6, 6.07) is 31.1. The summed E-state index contributed by atoms with van der Waals surface area (Å²) in [5, 5.41) is 37.3. The first kappa shape index (κ1) is 65.8. The number of ether oxygens (including phenoxy) is 2. The molecule has 12 aromatic rings. The molecule has 5 N–H and O–H groups in total. The van der Waals surface area contributed by atoms with Crippen molar-refractivity contribution in [3.63, 3.8) is 0 Å². The molecule has 94 heavy (non-hydrogen) atoms. The van der Waals surface area contributed by atoms with Crippen LogP contribution in [0.2, 0.25) is 0 Å². The number of nitrogens with one attached hydrogen (secondary N) is 3. The van der Waals surface area contributed by atoms with Crippen LogP contribution in [0, 0.1) is 0 Å². The second-order valence-electron chi connectivity index (χ2n) is 25.5. The predicted octanol–water partition coefficient (Wildman–Crippen LogP) is 9.46. The van der Waals surface area contributed by atoms with Crippen LogP contribution in [-0.4, -0.2) is 153 Å². The lowest BCUT2D eigenvalue weighted by Gasteiger charge is -2.21. The first-order chi connectivity index (χ1) is 44.9. The SMILES string of the molecule is Brc1cnc2nnn(Cc3ccc4ncccc4c3)c2n1.CC(C)(C)OC(=O)N[C@@H]1CCC(c2cnc3nnn(Cc4ccc5ncccc5c4)c3n2)C1.CC(C)(C)OC(=O)N[C@@H]1CCNC1.N[C@@H]1CCC(c2cnc3nnn(Cc4ccc5ncccc5c4)c3n2)C1.[B]. The number of fused-ring (bicyclic) bond motifs is 6. The Hall–Kier alpha value is -9.67. The Kier molecular flexibility index (Phi) is 20.4.